The lowest BCUT2D eigenvalue weighted by molar-refractivity contribution is -0.132. The van der Waals surface area contributed by atoms with Gasteiger partial charge >= 0.3 is 6.03 Å². The summed E-state index contributed by atoms with van der Waals surface area (Å²) in [7, 11) is 0. The van der Waals surface area contributed by atoms with Gasteiger partial charge in [0.15, 0.2) is 11.5 Å². The van der Waals surface area contributed by atoms with Crippen molar-refractivity contribution in [3.05, 3.63) is 23.8 Å². The third-order valence-corrected chi connectivity index (χ3v) is 5.15. The summed E-state index contributed by atoms with van der Waals surface area (Å²) in [4.78, 5) is 38.9. The van der Waals surface area contributed by atoms with Crippen molar-refractivity contribution in [2.45, 2.75) is 12.6 Å². The van der Waals surface area contributed by atoms with Crippen LogP contribution in [0, 0.1) is 0 Å². The minimum absolute atomic E-state index is 0.195. The SMILES string of the molecule is O=C(CN1C(=O)[C@@H]2CSCN2C1=O)NCc1ccc2c(c1)OCO2. The van der Waals surface area contributed by atoms with Gasteiger partial charge in [0.25, 0.3) is 5.91 Å². The molecule has 2 fully saturated rings. The van der Waals surface area contributed by atoms with Gasteiger partial charge in [0.05, 0.1) is 5.88 Å². The van der Waals surface area contributed by atoms with E-state index in [0.717, 1.165) is 10.5 Å². The number of thioether (sulfide) groups is 1. The van der Waals surface area contributed by atoms with Crippen molar-refractivity contribution in [3.8, 4) is 11.5 Å². The highest BCUT2D eigenvalue weighted by Gasteiger charge is 2.48. The molecule has 3 aliphatic rings. The first-order chi connectivity index (χ1) is 11.6. The highest BCUT2D eigenvalue weighted by molar-refractivity contribution is 7.99. The van der Waals surface area contributed by atoms with Crippen molar-refractivity contribution in [2.24, 2.45) is 0 Å². The number of nitrogens with zero attached hydrogens (tertiary/aromatic N) is 2. The van der Waals surface area contributed by atoms with Crippen LogP contribution in [0.1, 0.15) is 5.56 Å². The molecule has 4 rings (SSSR count). The van der Waals surface area contributed by atoms with E-state index in [4.69, 9.17) is 9.47 Å². The summed E-state index contributed by atoms with van der Waals surface area (Å²) in [5.41, 5.74) is 0.851. The first-order valence-corrected chi connectivity index (χ1v) is 8.64. The zero-order valence-electron chi connectivity index (χ0n) is 12.7. The van der Waals surface area contributed by atoms with E-state index in [1.807, 2.05) is 6.07 Å². The average Bonchev–Trinajstić information content (AvgIpc) is 3.28. The van der Waals surface area contributed by atoms with Gasteiger partial charge in [-0.1, -0.05) is 6.07 Å². The second kappa shape index (κ2) is 5.90. The van der Waals surface area contributed by atoms with Crippen LogP contribution in [-0.4, -0.2) is 58.7 Å². The smallest absolute Gasteiger partial charge is 0.328 e. The molecule has 0 bridgehead atoms. The first-order valence-electron chi connectivity index (χ1n) is 7.48. The van der Waals surface area contributed by atoms with E-state index in [-0.39, 0.29) is 37.7 Å². The number of benzene rings is 1. The Morgan fingerprint density at radius 3 is 2.96 bits per heavy atom. The molecular formula is C15H15N3O5S. The lowest BCUT2D eigenvalue weighted by atomic mass is 10.2. The summed E-state index contributed by atoms with van der Waals surface area (Å²) in [6.45, 7) is 0.231. The van der Waals surface area contributed by atoms with Gasteiger partial charge in [-0.2, -0.15) is 0 Å². The van der Waals surface area contributed by atoms with E-state index < -0.39 is 6.04 Å². The van der Waals surface area contributed by atoms with Crippen LogP contribution >= 0.6 is 11.8 Å². The quantitative estimate of drug-likeness (QED) is 0.790. The normalized spacial score (nSPS) is 21.4. The van der Waals surface area contributed by atoms with Crippen LogP contribution < -0.4 is 14.8 Å². The number of rotatable bonds is 4. The van der Waals surface area contributed by atoms with Gasteiger partial charge in [-0.15, -0.1) is 11.8 Å². The monoisotopic (exact) mass is 349 g/mol. The van der Waals surface area contributed by atoms with E-state index in [1.165, 1.54) is 4.90 Å². The van der Waals surface area contributed by atoms with Gasteiger partial charge in [-0.3, -0.25) is 14.5 Å². The summed E-state index contributed by atoms with van der Waals surface area (Å²) in [5, 5.41) is 2.72. The van der Waals surface area contributed by atoms with E-state index in [0.29, 0.717) is 23.1 Å². The lowest BCUT2D eigenvalue weighted by Gasteiger charge is -2.15. The van der Waals surface area contributed by atoms with Crippen molar-refractivity contribution in [1.82, 2.24) is 15.1 Å². The molecule has 1 aromatic carbocycles. The Balaban J connectivity index is 1.34. The number of carbonyl (C=O) groups excluding carboxylic acids is 3. The zero-order chi connectivity index (χ0) is 16.7. The standard InChI is InChI=1S/C15H15N3O5S/c19-13(5-17-14(20)10-6-24-7-18(10)15(17)21)16-4-9-1-2-11-12(3-9)23-8-22-11/h1-3,10H,4-8H2,(H,16,19)/t10-/m0/s1. The van der Waals surface area contributed by atoms with Gasteiger partial charge in [0.1, 0.15) is 12.6 Å². The number of fused-ring (bicyclic) bond motifs is 2. The second-order valence-corrected chi connectivity index (χ2v) is 6.66. The molecule has 1 atom stereocenters. The topological polar surface area (TPSA) is 88.2 Å². The molecule has 3 aliphatic heterocycles. The molecule has 4 amide bonds. The number of hydrogen-bond donors (Lipinski definition) is 1. The second-order valence-electron chi connectivity index (χ2n) is 5.66. The average molecular weight is 349 g/mol. The molecule has 24 heavy (non-hydrogen) atoms. The Morgan fingerprint density at radius 2 is 2.12 bits per heavy atom. The third kappa shape index (κ3) is 2.54. The Bertz CT molecular complexity index is 703. The molecule has 0 spiro atoms. The van der Waals surface area contributed by atoms with E-state index in [1.54, 1.807) is 23.9 Å². The number of urea groups is 1. The Labute approximate surface area is 142 Å². The number of nitrogens with one attached hydrogen (secondary N) is 1. The van der Waals surface area contributed by atoms with Crippen molar-refractivity contribution < 1.29 is 23.9 Å². The van der Waals surface area contributed by atoms with Crippen LogP contribution in [-0.2, 0) is 16.1 Å². The Morgan fingerprint density at radius 1 is 1.29 bits per heavy atom. The van der Waals surface area contributed by atoms with Crippen molar-refractivity contribution in [2.75, 3.05) is 25.0 Å². The molecule has 2 saturated heterocycles. The number of hydrogen-bond acceptors (Lipinski definition) is 6. The van der Waals surface area contributed by atoms with E-state index in [9.17, 15) is 14.4 Å². The molecule has 3 heterocycles. The maximum Gasteiger partial charge on any atom is 0.328 e. The predicted octanol–water partition coefficient (Wildman–Crippen LogP) is 0.369. The fourth-order valence-corrected chi connectivity index (χ4v) is 4.00. The van der Waals surface area contributed by atoms with E-state index in [2.05, 4.69) is 5.32 Å². The van der Waals surface area contributed by atoms with Gasteiger partial charge in [-0.05, 0) is 17.7 Å². The maximum atomic E-state index is 12.2. The molecule has 0 saturated carbocycles. The molecule has 8 nitrogen and oxygen atoms in total. The van der Waals surface area contributed by atoms with Crippen molar-refractivity contribution in [1.29, 1.82) is 0 Å². The molecule has 1 N–H and O–H groups in total. The molecule has 9 heteroatoms. The van der Waals surface area contributed by atoms with Gasteiger partial charge in [-0.25, -0.2) is 4.79 Å². The number of ether oxygens (including phenoxy) is 2. The zero-order valence-corrected chi connectivity index (χ0v) is 13.5. The van der Waals surface area contributed by atoms with Gasteiger partial charge in [0.2, 0.25) is 12.7 Å². The van der Waals surface area contributed by atoms with E-state index >= 15 is 0 Å². The highest BCUT2D eigenvalue weighted by atomic mass is 32.2. The van der Waals surface area contributed by atoms with Crippen LogP contribution in [0.4, 0.5) is 4.79 Å². The number of imide groups is 1. The molecule has 0 unspecified atom stereocenters. The summed E-state index contributed by atoms with van der Waals surface area (Å²) in [5.74, 6) is 1.76. The van der Waals surface area contributed by atoms with Crippen LogP contribution in [0.3, 0.4) is 0 Å². The van der Waals surface area contributed by atoms with Crippen molar-refractivity contribution in [3.63, 3.8) is 0 Å². The Hall–Kier alpha value is -2.42. The number of carbonyl (C=O) groups is 3. The highest BCUT2D eigenvalue weighted by Crippen LogP contribution is 2.32. The molecule has 0 aliphatic carbocycles. The summed E-state index contributed by atoms with van der Waals surface area (Å²) in [6, 6.07) is 4.61. The summed E-state index contributed by atoms with van der Waals surface area (Å²) < 4.78 is 10.5. The third-order valence-electron chi connectivity index (χ3n) is 4.14. The van der Waals surface area contributed by atoms with Crippen LogP contribution in [0.2, 0.25) is 0 Å². The Kier molecular flexibility index (Phi) is 3.72. The molecular weight excluding hydrogens is 334 g/mol. The molecule has 1 aromatic rings. The minimum Gasteiger partial charge on any atom is -0.454 e. The molecule has 126 valence electrons. The summed E-state index contributed by atoms with van der Waals surface area (Å²) >= 11 is 1.55. The molecule has 0 radical (unpaired) electrons. The van der Waals surface area contributed by atoms with Crippen molar-refractivity contribution >= 4 is 29.6 Å². The largest absolute Gasteiger partial charge is 0.454 e. The fourth-order valence-electron chi connectivity index (χ4n) is 2.86. The van der Waals surface area contributed by atoms with Gasteiger partial charge < -0.3 is 19.7 Å². The fraction of sp³-hybridized carbons (Fsp3) is 0.400. The lowest BCUT2D eigenvalue weighted by Crippen LogP contribution is -2.41. The minimum atomic E-state index is -0.413. The van der Waals surface area contributed by atoms with Crippen LogP contribution in [0.25, 0.3) is 0 Å². The summed E-state index contributed by atoms with van der Waals surface area (Å²) in [6.07, 6.45) is 0. The van der Waals surface area contributed by atoms with Crippen LogP contribution in [0.5, 0.6) is 11.5 Å². The number of amides is 4. The maximum absolute atomic E-state index is 12.2. The van der Waals surface area contributed by atoms with Crippen LogP contribution in [0.15, 0.2) is 18.2 Å². The predicted molar refractivity (Wildman–Crippen MR) is 84.5 cm³/mol. The molecule has 0 aromatic heterocycles. The van der Waals surface area contributed by atoms with Gasteiger partial charge in [0, 0.05) is 12.3 Å². The first kappa shape index (κ1) is 15.1.